The fraction of sp³-hybridized carbons (Fsp3) is 0.0870. The topological polar surface area (TPSA) is 4.93 Å². The molecule has 8 aromatic rings. The maximum Gasteiger partial charge on any atom is 0.150 e. The van der Waals surface area contributed by atoms with E-state index in [1.165, 1.54) is 44.5 Å². The maximum atomic E-state index is 18.1. The fourth-order valence-electron chi connectivity index (χ4n) is 8.92. The molecule has 0 fully saturated rings. The van der Waals surface area contributed by atoms with Crippen molar-refractivity contribution in [3.05, 3.63) is 196 Å². The van der Waals surface area contributed by atoms with E-state index in [9.17, 15) is 0 Å². The number of hydrogen-bond acceptors (Lipinski definition) is 0. The van der Waals surface area contributed by atoms with E-state index in [-0.39, 0.29) is 17.7 Å². The monoisotopic (exact) mass is 617 g/mol. The first kappa shape index (κ1) is 27.4. The van der Waals surface area contributed by atoms with Crippen LogP contribution in [-0.2, 0) is 6.42 Å². The summed E-state index contributed by atoms with van der Waals surface area (Å²) in [5, 5.41) is 2.26. The third kappa shape index (κ3) is 3.77. The van der Waals surface area contributed by atoms with E-state index in [4.69, 9.17) is 0 Å². The molecule has 0 saturated carbocycles. The smallest absolute Gasteiger partial charge is 0.150 e. The molecular formula is C46H32FN. The van der Waals surface area contributed by atoms with Crippen molar-refractivity contribution in [3.8, 4) is 27.9 Å². The molecule has 0 N–H and O–H groups in total. The van der Waals surface area contributed by atoms with Crippen LogP contribution in [0.1, 0.15) is 50.8 Å². The highest BCUT2D eigenvalue weighted by Crippen LogP contribution is 2.52. The molecule has 2 aliphatic carbocycles. The summed E-state index contributed by atoms with van der Waals surface area (Å²) in [7, 11) is 0. The first-order valence-corrected chi connectivity index (χ1v) is 16.9. The lowest BCUT2D eigenvalue weighted by Gasteiger charge is -2.26. The van der Waals surface area contributed by atoms with Crippen LogP contribution < -0.4 is 0 Å². The normalized spacial score (nSPS) is 13.5. The molecule has 10 rings (SSSR count). The predicted octanol–water partition coefficient (Wildman–Crippen LogP) is 11.7. The van der Waals surface area contributed by atoms with Crippen molar-refractivity contribution in [2.75, 3.05) is 0 Å². The quantitative estimate of drug-likeness (QED) is 0.185. The van der Waals surface area contributed by atoms with Crippen LogP contribution >= 0.6 is 0 Å². The lowest BCUT2D eigenvalue weighted by molar-refractivity contribution is 0.593. The average Bonchev–Trinajstić information content (AvgIpc) is 3.76. The van der Waals surface area contributed by atoms with E-state index < -0.39 is 0 Å². The van der Waals surface area contributed by atoms with Gasteiger partial charge < -0.3 is 4.57 Å². The number of fused-ring (bicyclic) bond motifs is 9. The summed E-state index contributed by atoms with van der Waals surface area (Å²) in [6.45, 7) is 2.19. The second-order valence-electron chi connectivity index (χ2n) is 13.3. The standard InChI is InChI=1S/C46H32FN/c1-28-26-29(27-40-34-18-4-2-14-30(34)31-15-3-5-19-35(31)40)45(47)46(48-41-24-12-10-20-36(41)37-21-11-13-25-42(37)48)43(28)44-38-22-8-6-16-32(38)33-17-7-9-23-39(33)44/h2-26,40,44H,27H2,1H3. The van der Waals surface area contributed by atoms with Gasteiger partial charge in [-0.3, -0.25) is 0 Å². The molecule has 2 heteroatoms. The van der Waals surface area contributed by atoms with Gasteiger partial charge in [0.15, 0.2) is 5.82 Å². The molecule has 2 aliphatic rings. The van der Waals surface area contributed by atoms with E-state index in [2.05, 4.69) is 163 Å². The Balaban J connectivity index is 1.28. The number of hydrogen-bond donors (Lipinski definition) is 0. The summed E-state index contributed by atoms with van der Waals surface area (Å²) in [6.07, 6.45) is 0.586. The van der Waals surface area contributed by atoms with Gasteiger partial charge in [-0.25, -0.2) is 4.39 Å². The average molecular weight is 618 g/mol. The van der Waals surface area contributed by atoms with Crippen LogP contribution in [0, 0.1) is 12.7 Å². The third-order valence-corrected chi connectivity index (χ3v) is 10.9. The Morgan fingerprint density at radius 3 is 1.46 bits per heavy atom. The largest absolute Gasteiger partial charge is 0.306 e. The minimum absolute atomic E-state index is 0.0797. The van der Waals surface area contributed by atoms with Crippen molar-refractivity contribution in [2.45, 2.75) is 25.2 Å². The third-order valence-electron chi connectivity index (χ3n) is 10.9. The first-order valence-electron chi connectivity index (χ1n) is 16.9. The molecule has 48 heavy (non-hydrogen) atoms. The number of nitrogens with zero attached hydrogens (tertiary/aromatic N) is 1. The Hall–Kier alpha value is -5.73. The molecule has 0 radical (unpaired) electrons. The minimum atomic E-state index is -0.133. The summed E-state index contributed by atoms with van der Waals surface area (Å²) in [6, 6.07) is 53.7. The molecule has 1 aromatic heterocycles. The number of aromatic nitrogens is 1. The molecule has 0 aliphatic heterocycles. The summed E-state index contributed by atoms with van der Waals surface area (Å²) in [5.41, 5.74) is 15.6. The van der Waals surface area contributed by atoms with Crippen molar-refractivity contribution in [2.24, 2.45) is 0 Å². The number of benzene rings is 7. The molecule has 0 atom stereocenters. The van der Waals surface area contributed by atoms with Crippen LogP contribution in [0.5, 0.6) is 0 Å². The van der Waals surface area contributed by atoms with Crippen molar-refractivity contribution in [1.82, 2.24) is 4.57 Å². The zero-order valence-electron chi connectivity index (χ0n) is 26.6. The van der Waals surface area contributed by atoms with Gasteiger partial charge in [0.2, 0.25) is 0 Å². The molecule has 0 unspecified atom stereocenters. The van der Waals surface area contributed by atoms with Crippen molar-refractivity contribution < 1.29 is 4.39 Å². The van der Waals surface area contributed by atoms with E-state index in [1.807, 2.05) is 0 Å². The number of halogens is 1. The lowest BCUT2D eigenvalue weighted by atomic mass is 9.82. The molecular weight excluding hydrogens is 586 g/mol. The Kier molecular flexibility index (Phi) is 5.93. The number of para-hydroxylation sites is 2. The van der Waals surface area contributed by atoms with Crippen LogP contribution in [-0.4, -0.2) is 4.57 Å². The SMILES string of the molecule is Cc1cc(CC2c3ccccc3-c3ccccc32)c(F)c(-n2c3ccccc3c3ccccc32)c1C1c2ccccc2-c2ccccc21. The maximum absolute atomic E-state index is 18.1. The van der Waals surface area contributed by atoms with Crippen LogP contribution in [0.25, 0.3) is 49.7 Å². The van der Waals surface area contributed by atoms with E-state index >= 15 is 4.39 Å². The Morgan fingerprint density at radius 1 is 0.521 bits per heavy atom. The summed E-state index contributed by atoms with van der Waals surface area (Å²) in [4.78, 5) is 0. The zero-order valence-corrected chi connectivity index (χ0v) is 26.6. The first-order chi connectivity index (χ1) is 23.7. The van der Waals surface area contributed by atoms with E-state index in [0.717, 1.165) is 38.5 Å². The van der Waals surface area contributed by atoms with E-state index in [0.29, 0.717) is 12.1 Å². The molecule has 228 valence electrons. The minimum Gasteiger partial charge on any atom is -0.306 e. The van der Waals surface area contributed by atoms with Crippen molar-refractivity contribution in [1.29, 1.82) is 0 Å². The predicted molar refractivity (Wildman–Crippen MR) is 196 cm³/mol. The number of rotatable bonds is 4. The Bertz CT molecular complexity index is 2440. The summed E-state index contributed by atoms with van der Waals surface area (Å²) in [5.74, 6) is -0.147. The van der Waals surface area contributed by atoms with Crippen molar-refractivity contribution >= 4 is 21.8 Å². The second kappa shape index (κ2) is 10.4. The van der Waals surface area contributed by atoms with Crippen LogP contribution in [0.2, 0.25) is 0 Å². The molecule has 0 amide bonds. The van der Waals surface area contributed by atoms with Gasteiger partial charge in [-0.05, 0) is 86.7 Å². The van der Waals surface area contributed by atoms with E-state index in [1.54, 1.807) is 0 Å². The highest BCUT2D eigenvalue weighted by atomic mass is 19.1. The Morgan fingerprint density at radius 2 is 0.938 bits per heavy atom. The number of aryl methyl sites for hydroxylation is 1. The van der Waals surface area contributed by atoms with Gasteiger partial charge in [-0.2, -0.15) is 0 Å². The van der Waals surface area contributed by atoms with Crippen LogP contribution in [0.3, 0.4) is 0 Å². The van der Waals surface area contributed by atoms with Gasteiger partial charge in [0.05, 0.1) is 16.7 Å². The molecule has 1 heterocycles. The van der Waals surface area contributed by atoms with Gasteiger partial charge in [-0.15, -0.1) is 0 Å². The van der Waals surface area contributed by atoms with Crippen LogP contribution in [0.4, 0.5) is 4.39 Å². The van der Waals surface area contributed by atoms with Gasteiger partial charge in [0.1, 0.15) is 0 Å². The lowest BCUT2D eigenvalue weighted by Crippen LogP contribution is -2.14. The molecule has 7 aromatic carbocycles. The second-order valence-corrected chi connectivity index (χ2v) is 13.3. The highest BCUT2D eigenvalue weighted by molar-refractivity contribution is 6.09. The zero-order chi connectivity index (χ0) is 31.9. The van der Waals surface area contributed by atoms with Gasteiger partial charge >= 0.3 is 0 Å². The fourth-order valence-corrected chi connectivity index (χ4v) is 8.92. The van der Waals surface area contributed by atoms with Crippen LogP contribution in [0.15, 0.2) is 152 Å². The highest BCUT2D eigenvalue weighted by Gasteiger charge is 2.36. The van der Waals surface area contributed by atoms with Gasteiger partial charge in [0.25, 0.3) is 0 Å². The Labute approximate surface area is 279 Å². The van der Waals surface area contributed by atoms with Crippen molar-refractivity contribution in [3.63, 3.8) is 0 Å². The van der Waals surface area contributed by atoms with Gasteiger partial charge in [0, 0.05) is 22.6 Å². The summed E-state index contributed by atoms with van der Waals surface area (Å²) < 4.78 is 20.3. The molecule has 0 spiro atoms. The molecule has 0 bridgehead atoms. The van der Waals surface area contributed by atoms with Gasteiger partial charge in [-0.1, -0.05) is 140 Å². The molecule has 0 saturated heterocycles. The summed E-state index contributed by atoms with van der Waals surface area (Å²) >= 11 is 0. The molecule has 1 nitrogen and oxygen atoms in total.